The molecule has 0 bridgehead atoms. The molecule has 0 spiro atoms. The number of aliphatic hydroxyl groups excluding tert-OH is 1. The predicted molar refractivity (Wildman–Crippen MR) is 52.0 cm³/mol. The predicted octanol–water partition coefficient (Wildman–Crippen LogP) is 1.71. The van der Waals surface area contributed by atoms with Crippen LogP contribution < -0.4 is 10.5 Å². The van der Waals surface area contributed by atoms with Gasteiger partial charge in [-0.2, -0.15) is 13.2 Å². The quantitative estimate of drug-likeness (QED) is 0.838. The number of benzene rings is 1. The highest BCUT2D eigenvalue weighted by Crippen LogP contribution is 2.36. The third-order valence-electron chi connectivity index (χ3n) is 2.15. The fourth-order valence-electron chi connectivity index (χ4n) is 1.33. The van der Waals surface area contributed by atoms with Gasteiger partial charge in [-0.15, -0.1) is 0 Å². The first-order chi connectivity index (χ1) is 7.40. The Morgan fingerprint density at radius 1 is 1.44 bits per heavy atom. The van der Waals surface area contributed by atoms with Crippen molar-refractivity contribution in [3.05, 3.63) is 29.3 Å². The molecule has 6 heteroatoms. The first-order valence-corrected chi connectivity index (χ1v) is 4.53. The summed E-state index contributed by atoms with van der Waals surface area (Å²) < 4.78 is 42.7. The van der Waals surface area contributed by atoms with Crippen molar-refractivity contribution in [2.24, 2.45) is 5.73 Å². The van der Waals surface area contributed by atoms with Gasteiger partial charge < -0.3 is 15.6 Å². The molecule has 1 aromatic rings. The molecular weight excluding hydrogens is 223 g/mol. The Morgan fingerprint density at radius 2 is 2.06 bits per heavy atom. The van der Waals surface area contributed by atoms with Crippen LogP contribution in [0.2, 0.25) is 0 Å². The van der Waals surface area contributed by atoms with E-state index in [9.17, 15) is 18.3 Å². The lowest BCUT2D eigenvalue weighted by atomic mass is 10.0. The van der Waals surface area contributed by atoms with E-state index in [0.29, 0.717) is 0 Å². The summed E-state index contributed by atoms with van der Waals surface area (Å²) in [6.07, 6.45) is -5.87. The molecule has 0 aliphatic heterocycles. The summed E-state index contributed by atoms with van der Waals surface area (Å²) in [7, 11) is 1.27. The minimum absolute atomic E-state index is 0.0836. The highest BCUT2D eigenvalue weighted by atomic mass is 19.4. The van der Waals surface area contributed by atoms with E-state index in [-0.39, 0.29) is 17.9 Å². The van der Waals surface area contributed by atoms with Crippen molar-refractivity contribution >= 4 is 0 Å². The monoisotopic (exact) mass is 235 g/mol. The highest BCUT2D eigenvalue weighted by molar-refractivity contribution is 5.38. The van der Waals surface area contributed by atoms with Crippen LogP contribution in [-0.2, 0) is 6.18 Å². The topological polar surface area (TPSA) is 55.5 Å². The SMILES string of the molecule is COc1ccc([C@H](O)CN)c(C(F)(F)F)c1. The molecule has 0 aliphatic rings. The fourth-order valence-corrected chi connectivity index (χ4v) is 1.33. The van der Waals surface area contributed by atoms with Crippen molar-refractivity contribution in [2.75, 3.05) is 13.7 Å². The van der Waals surface area contributed by atoms with Crippen molar-refractivity contribution < 1.29 is 23.0 Å². The van der Waals surface area contributed by atoms with Crippen LogP contribution in [0.3, 0.4) is 0 Å². The third kappa shape index (κ3) is 2.65. The minimum atomic E-state index is -4.54. The van der Waals surface area contributed by atoms with Crippen LogP contribution in [0, 0.1) is 0 Å². The number of rotatable bonds is 3. The summed E-state index contributed by atoms with van der Waals surface area (Å²) in [6.45, 7) is -0.268. The van der Waals surface area contributed by atoms with Crippen molar-refractivity contribution in [3.63, 3.8) is 0 Å². The van der Waals surface area contributed by atoms with Crippen LogP contribution in [0.15, 0.2) is 18.2 Å². The lowest BCUT2D eigenvalue weighted by Crippen LogP contribution is -2.17. The second-order valence-electron chi connectivity index (χ2n) is 3.20. The first kappa shape index (κ1) is 12.8. The highest BCUT2D eigenvalue weighted by Gasteiger charge is 2.35. The van der Waals surface area contributed by atoms with Gasteiger partial charge in [0.05, 0.1) is 18.8 Å². The van der Waals surface area contributed by atoms with Gasteiger partial charge in [-0.3, -0.25) is 0 Å². The molecule has 0 radical (unpaired) electrons. The Bertz CT molecular complexity index is 366. The Hall–Kier alpha value is -1.27. The summed E-state index contributed by atoms with van der Waals surface area (Å²) in [4.78, 5) is 0. The smallest absolute Gasteiger partial charge is 0.416 e. The molecule has 16 heavy (non-hydrogen) atoms. The van der Waals surface area contributed by atoms with E-state index in [1.54, 1.807) is 0 Å². The number of nitrogens with two attached hydrogens (primary N) is 1. The fraction of sp³-hybridized carbons (Fsp3) is 0.400. The summed E-state index contributed by atoms with van der Waals surface area (Å²) in [5, 5.41) is 9.37. The van der Waals surface area contributed by atoms with Crippen molar-refractivity contribution in [1.29, 1.82) is 0 Å². The van der Waals surface area contributed by atoms with E-state index >= 15 is 0 Å². The van der Waals surface area contributed by atoms with Gasteiger partial charge in [0.1, 0.15) is 5.75 Å². The number of hydrogen-bond donors (Lipinski definition) is 2. The Labute approximate surface area is 90.6 Å². The molecule has 3 N–H and O–H groups in total. The van der Waals surface area contributed by atoms with Gasteiger partial charge in [0.15, 0.2) is 0 Å². The van der Waals surface area contributed by atoms with E-state index < -0.39 is 17.8 Å². The van der Waals surface area contributed by atoms with Crippen LogP contribution in [0.4, 0.5) is 13.2 Å². The van der Waals surface area contributed by atoms with E-state index in [4.69, 9.17) is 10.5 Å². The molecule has 0 heterocycles. The van der Waals surface area contributed by atoms with Crippen molar-refractivity contribution in [2.45, 2.75) is 12.3 Å². The lowest BCUT2D eigenvalue weighted by molar-refractivity contribution is -0.139. The van der Waals surface area contributed by atoms with E-state index in [1.165, 1.54) is 19.2 Å². The first-order valence-electron chi connectivity index (χ1n) is 4.53. The molecule has 0 unspecified atom stereocenters. The van der Waals surface area contributed by atoms with Gasteiger partial charge in [0.2, 0.25) is 0 Å². The van der Waals surface area contributed by atoms with Gasteiger partial charge in [-0.05, 0) is 17.7 Å². The zero-order valence-electron chi connectivity index (χ0n) is 8.58. The third-order valence-corrected chi connectivity index (χ3v) is 2.15. The molecule has 0 aliphatic carbocycles. The molecule has 3 nitrogen and oxygen atoms in total. The molecule has 1 aromatic carbocycles. The van der Waals surface area contributed by atoms with Crippen LogP contribution in [0.5, 0.6) is 5.75 Å². The van der Waals surface area contributed by atoms with Gasteiger partial charge >= 0.3 is 6.18 Å². The average molecular weight is 235 g/mol. The van der Waals surface area contributed by atoms with Crippen molar-refractivity contribution in [1.82, 2.24) is 0 Å². The van der Waals surface area contributed by atoms with E-state index in [0.717, 1.165) is 6.07 Å². The van der Waals surface area contributed by atoms with Crippen LogP contribution in [0.1, 0.15) is 17.2 Å². The largest absolute Gasteiger partial charge is 0.497 e. The Morgan fingerprint density at radius 3 is 2.50 bits per heavy atom. The zero-order valence-corrected chi connectivity index (χ0v) is 8.58. The number of halogens is 3. The molecule has 0 amide bonds. The standard InChI is InChI=1S/C10H12F3NO2/c1-16-6-2-3-7(9(15)5-14)8(4-6)10(11,12)13/h2-4,9,15H,5,14H2,1H3/t9-/m1/s1. The number of methoxy groups -OCH3 is 1. The zero-order chi connectivity index (χ0) is 12.3. The second-order valence-corrected chi connectivity index (χ2v) is 3.20. The van der Waals surface area contributed by atoms with Crippen LogP contribution in [-0.4, -0.2) is 18.8 Å². The van der Waals surface area contributed by atoms with Crippen LogP contribution >= 0.6 is 0 Å². The Kier molecular flexibility index (Phi) is 3.77. The normalized spacial score (nSPS) is 13.6. The van der Waals surface area contributed by atoms with Gasteiger partial charge in [-0.1, -0.05) is 6.07 Å². The summed E-state index contributed by atoms with van der Waals surface area (Å²) in [6, 6.07) is 3.36. The molecule has 1 atom stereocenters. The minimum Gasteiger partial charge on any atom is -0.497 e. The molecule has 90 valence electrons. The van der Waals surface area contributed by atoms with Crippen molar-refractivity contribution in [3.8, 4) is 5.75 Å². The van der Waals surface area contributed by atoms with Gasteiger partial charge in [-0.25, -0.2) is 0 Å². The molecular formula is C10H12F3NO2. The summed E-state index contributed by atoms with van der Waals surface area (Å²) >= 11 is 0. The number of ether oxygens (including phenoxy) is 1. The lowest BCUT2D eigenvalue weighted by Gasteiger charge is -2.17. The maximum atomic E-state index is 12.7. The van der Waals surface area contributed by atoms with Crippen LogP contribution in [0.25, 0.3) is 0 Å². The average Bonchev–Trinajstić information content (AvgIpc) is 2.26. The Balaban J connectivity index is 3.27. The van der Waals surface area contributed by atoms with Gasteiger partial charge in [0, 0.05) is 6.54 Å². The van der Waals surface area contributed by atoms with Gasteiger partial charge in [0.25, 0.3) is 0 Å². The van der Waals surface area contributed by atoms with E-state index in [2.05, 4.69) is 0 Å². The van der Waals surface area contributed by atoms with E-state index in [1.807, 2.05) is 0 Å². The molecule has 0 saturated heterocycles. The maximum Gasteiger partial charge on any atom is 0.416 e. The molecule has 0 aromatic heterocycles. The number of aliphatic hydroxyl groups is 1. The number of alkyl halides is 3. The summed E-state index contributed by atoms with van der Waals surface area (Å²) in [5.74, 6) is 0.0836. The number of hydrogen-bond acceptors (Lipinski definition) is 3. The summed E-state index contributed by atoms with van der Waals surface area (Å²) in [5.41, 5.74) is 3.97. The molecule has 0 saturated carbocycles. The second kappa shape index (κ2) is 4.71. The molecule has 1 rings (SSSR count). The maximum absolute atomic E-state index is 12.7. The molecule has 0 fully saturated rings.